The molecule has 0 spiro atoms. The maximum Gasteiger partial charge on any atom is 0.283 e. The highest BCUT2D eigenvalue weighted by molar-refractivity contribution is 9.10. The van der Waals surface area contributed by atoms with E-state index in [0.717, 1.165) is 25.1 Å². The highest BCUT2D eigenvalue weighted by Gasteiger charge is 2.10. The maximum absolute atomic E-state index is 12.1. The van der Waals surface area contributed by atoms with E-state index < -0.39 is 0 Å². The summed E-state index contributed by atoms with van der Waals surface area (Å²) >= 11 is 3.39. The Morgan fingerprint density at radius 1 is 1.35 bits per heavy atom. The van der Waals surface area contributed by atoms with E-state index in [1.54, 1.807) is 6.20 Å². The second-order valence-electron chi connectivity index (χ2n) is 5.20. The summed E-state index contributed by atoms with van der Waals surface area (Å²) in [6, 6.07) is 0. The highest BCUT2D eigenvalue weighted by atomic mass is 79.9. The summed E-state index contributed by atoms with van der Waals surface area (Å²) in [4.78, 5) is 12.1. The minimum atomic E-state index is -0.0570. The van der Waals surface area contributed by atoms with Crippen molar-refractivity contribution in [3.63, 3.8) is 0 Å². The summed E-state index contributed by atoms with van der Waals surface area (Å²) in [7, 11) is 0. The number of nitrogens with one attached hydrogen (secondary N) is 1. The summed E-state index contributed by atoms with van der Waals surface area (Å²) in [5.74, 6) is 0.653. The molecule has 0 aliphatic carbocycles. The van der Waals surface area contributed by atoms with E-state index in [-0.39, 0.29) is 5.56 Å². The van der Waals surface area contributed by atoms with Crippen LogP contribution < -0.4 is 10.9 Å². The second-order valence-corrected chi connectivity index (χ2v) is 5.99. The van der Waals surface area contributed by atoms with Crippen LogP contribution in [0.25, 0.3) is 0 Å². The third-order valence-electron chi connectivity index (χ3n) is 3.54. The molecular weight excluding hydrogens is 318 g/mol. The average molecular weight is 344 g/mol. The summed E-state index contributed by atoms with van der Waals surface area (Å²) in [5.41, 5.74) is 0.746. The van der Waals surface area contributed by atoms with Crippen molar-refractivity contribution in [3.05, 3.63) is 21.0 Å². The number of aromatic nitrogens is 2. The minimum absolute atomic E-state index is 0.0570. The largest absolute Gasteiger partial charge is 0.382 e. The number of halogens is 1. The fraction of sp³-hybridized carbons (Fsp3) is 0.733. The lowest BCUT2D eigenvalue weighted by Crippen LogP contribution is -2.25. The zero-order valence-electron chi connectivity index (χ0n) is 12.8. The average Bonchev–Trinajstić information content (AvgIpc) is 2.46. The van der Waals surface area contributed by atoms with Crippen molar-refractivity contribution < 1.29 is 0 Å². The fourth-order valence-corrected chi connectivity index (χ4v) is 2.60. The molecule has 1 aromatic heterocycles. The number of rotatable bonds is 9. The number of aryl methyl sites for hydroxylation is 1. The Kier molecular flexibility index (Phi) is 7.88. The molecule has 1 aromatic rings. The van der Waals surface area contributed by atoms with Gasteiger partial charge in [0, 0.05) is 13.1 Å². The monoisotopic (exact) mass is 343 g/mol. The van der Waals surface area contributed by atoms with E-state index in [9.17, 15) is 4.79 Å². The molecule has 114 valence electrons. The van der Waals surface area contributed by atoms with Crippen LogP contribution in [-0.4, -0.2) is 16.3 Å². The second kappa shape index (κ2) is 9.16. The van der Waals surface area contributed by atoms with E-state index in [4.69, 9.17) is 0 Å². The standard InChI is InChI=1S/C15H26BrN3O/c1-4-7-8-12(6-3)10-17-13-11-18-19(9-5-2)15(20)14(13)16/h11-12,17H,4-10H2,1-3H3. The summed E-state index contributed by atoms with van der Waals surface area (Å²) in [6.45, 7) is 8.02. The number of unbranched alkanes of at least 4 members (excludes halogenated alkanes) is 1. The van der Waals surface area contributed by atoms with E-state index in [1.165, 1.54) is 23.9 Å². The fourth-order valence-electron chi connectivity index (χ4n) is 2.16. The van der Waals surface area contributed by atoms with E-state index in [2.05, 4.69) is 40.2 Å². The molecule has 5 heteroatoms. The van der Waals surface area contributed by atoms with Gasteiger partial charge in [0.05, 0.1) is 11.9 Å². The lowest BCUT2D eigenvalue weighted by molar-refractivity contribution is 0.472. The van der Waals surface area contributed by atoms with Gasteiger partial charge in [-0.2, -0.15) is 5.10 Å². The molecule has 0 saturated heterocycles. The Bertz CT molecular complexity index is 459. The number of anilines is 1. The molecule has 0 fully saturated rings. The first-order valence-electron chi connectivity index (χ1n) is 7.63. The van der Waals surface area contributed by atoms with Crippen molar-refractivity contribution >= 4 is 21.6 Å². The van der Waals surface area contributed by atoms with Gasteiger partial charge in [-0.1, -0.05) is 40.0 Å². The Morgan fingerprint density at radius 2 is 2.10 bits per heavy atom. The van der Waals surface area contributed by atoms with Crippen LogP contribution >= 0.6 is 15.9 Å². The molecule has 1 rings (SSSR count). The highest BCUT2D eigenvalue weighted by Crippen LogP contribution is 2.19. The number of nitrogens with zero attached hydrogens (tertiary/aromatic N) is 2. The Labute approximate surface area is 130 Å². The molecule has 0 radical (unpaired) electrons. The van der Waals surface area contributed by atoms with Gasteiger partial charge in [0.15, 0.2) is 0 Å². The molecule has 1 heterocycles. The SMILES string of the molecule is CCCCC(CC)CNc1cnn(CCC)c(=O)c1Br. The first-order valence-corrected chi connectivity index (χ1v) is 8.42. The molecule has 1 N–H and O–H groups in total. The lowest BCUT2D eigenvalue weighted by Gasteiger charge is -2.17. The quantitative estimate of drug-likeness (QED) is 0.735. The Hall–Kier alpha value is -0.840. The summed E-state index contributed by atoms with van der Waals surface area (Å²) < 4.78 is 2.09. The zero-order valence-corrected chi connectivity index (χ0v) is 14.4. The van der Waals surface area contributed by atoms with Crippen molar-refractivity contribution in [2.45, 2.75) is 59.4 Å². The smallest absolute Gasteiger partial charge is 0.283 e. The topological polar surface area (TPSA) is 46.9 Å². The van der Waals surface area contributed by atoms with Crippen molar-refractivity contribution in [2.75, 3.05) is 11.9 Å². The zero-order chi connectivity index (χ0) is 15.0. The molecule has 20 heavy (non-hydrogen) atoms. The molecule has 0 aromatic carbocycles. The number of hydrogen-bond donors (Lipinski definition) is 1. The maximum atomic E-state index is 12.1. The molecule has 1 unspecified atom stereocenters. The summed E-state index contributed by atoms with van der Waals surface area (Å²) in [5, 5.41) is 7.57. The molecular formula is C15H26BrN3O. The van der Waals surface area contributed by atoms with Gasteiger partial charge in [-0.3, -0.25) is 4.79 Å². The van der Waals surface area contributed by atoms with Gasteiger partial charge in [0.2, 0.25) is 0 Å². The van der Waals surface area contributed by atoms with Crippen LogP contribution in [0.3, 0.4) is 0 Å². The van der Waals surface area contributed by atoms with Gasteiger partial charge in [-0.15, -0.1) is 0 Å². The van der Waals surface area contributed by atoms with E-state index >= 15 is 0 Å². The van der Waals surface area contributed by atoms with Crippen LogP contribution in [0.2, 0.25) is 0 Å². The van der Waals surface area contributed by atoms with Gasteiger partial charge >= 0.3 is 0 Å². The van der Waals surface area contributed by atoms with E-state index in [1.807, 2.05) is 6.92 Å². The number of hydrogen-bond acceptors (Lipinski definition) is 3. The predicted octanol–water partition coefficient (Wildman–Crippen LogP) is 4.04. The van der Waals surface area contributed by atoms with Crippen molar-refractivity contribution in [1.82, 2.24) is 9.78 Å². The van der Waals surface area contributed by atoms with Gasteiger partial charge in [-0.25, -0.2) is 4.68 Å². The molecule has 0 aliphatic rings. The molecule has 0 bridgehead atoms. The van der Waals surface area contributed by atoms with E-state index in [0.29, 0.717) is 16.9 Å². The third kappa shape index (κ3) is 4.93. The molecule has 4 nitrogen and oxygen atoms in total. The first kappa shape index (κ1) is 17.2. The Balaban J connectivity index is 2.68. The van der Waals surface area contributed by atoms with Crippen LogP contribution in [0.1, 0.15) is 52.9 Å². The molecule has 0 aliphatic heterocycles. The van der Waals surface area contributed by atoms with Crippen LogP contribution in [0.4, 0.5) is 5.69 Å². The first-order chi connectivity index (χ1) is 9.63. The van der Waals surface area contributed by atoms with Crippen LogP contribution in [-0.2, 0) is 6.54 Å². The molecule has 0 saturated carbocycles. The Morgan fingerprint density at radius 3 is 2.70 bits per heavy atom. The molecule has 1 atom stereocenters. The van der Waals surface area contributed by atoms with Gasteiger partial charge < -0.3 is 5.32 Å². The van der Waals surface area contributed by atoms with Gasteiger partial charge in [0.25, 0.3) is 5.56 Å². The minimum Gasteiger partial charge on any atom is -0.382 e. The predicted molar refractivity (Wildman–Crippen MR) is 88.3 cm³/mol. The van der Waals surface area contributed by atoms with Gasteiger partial charge in [0.1, 0.15) is 4.47 Å². The van der Waals surface area contributed by atoms with Crippen LogP contribution in [0.5, 0.6) is 0 Å². The molecule has 0 amide bonds. The van der Waals surface area contributed by atoms with Crippen molar-refractivity contribution in [3.8, 4) is 0 Å². The van der Waals surface area contributed by atoms with Gasteiger partial charge in [-0.05, 0) is 34.7 Å². The van der Waals surface area contributed by atoms with Crippen molar-refractivity contribution in [2.24, 2.45) is 5.92 Å². The van der Waals surface area contributed by atoms with Crippen LogP contribution in [0, 0.1) is 5.92 Å². The third-order valence-corrected chi connectivity index (χ3v) is 4.31. The lowest BCUT2D eigenvalue weighted by atomic mass is 9.99. The van der Waals surface area contributed by atoms with Crippen LogP contribution in [0.15, 0.2) is 15.5 Å². The normalized spacial score (nSPS) is 12.4. The van der Waals surface area contributed by atoms with Crippen molar-refractivity contribution in [1.29, 1.82) is 0 Å². The summed E-state index contributed by atoms with van der Waals surface area (Å²) in [6.07, 6.45) is 7.53.